The predicted octanol–water partition coefficient (Wildman–Crippen LogP) is 1.46. The number of aliphatic hydroxyl groups is 1. The van der Waals surface area contributed by atoms with Gasteiger partial charge in [-0.15, -0.1) is 0 Å². The molecule has 1 atom stereocenters. The molecule has 98 valence electrons. The Bertz CT molecular complexity index is 423. The van der Waals surface area contributed by atoms with Gasteiger partial charge in [-0.3, -0.25) is 4.79 Å². The molecule has 2 rings (SSSR count). The molecule has 0 radical (unpaired) electrons. The van der Waals surface area contributed by atoms with E-state index in [9.17, 15) is 9.18 Å². The minimum absolute atomic E-state index is 0.144. The van der Waals surface area contributed by atoms with E-state index in [2.05, 4.69) is 4.98 Å². The highest BCUT2D eigenvalue weighted by Gasteiger charge is 2.24. The number of nitrogens with zero attached hydrogens (tertiary/aromatic N) is 2. The number of likely N-dealkylation sites (tertiary alicyclic amines) is 1. The molecule has 1 amide bonds. The molecule has 0 spiro atoms. The summed E-state index contributed by atoms with van der Waals surface area (Å²) in [5.41, 5.74) is 0.152. The number of amides is 1. The molecule has 5 heteroatoms. The molecule has 2 heterocycles. The molecule has 1 unspecified atom stereocenters. The van der Waals surface area contributed by atoms with Crippen molar-refractivity contribution in [1.29, 1.82) is 0 Å². The van der Waals surface area contributed by atoms with Gasteiger partial charge in [0.1, 0.15) is 5.69 Å². The second-order valence-electron chi connectivity index (χ2n) is 4.62. The molecule has 0 aromatic carbocycles. The first-order chi connectivity index (χ1) is 8.70. The Morgan fingerprint density at radius 3 is 3.11 bits per heavy atom. The monoisotopic (exact) mass is 252 g/mol. The Kier molecular flexibility index (Phi) is 4.25. The molecule has 1 aromatic heterocycles. The first-order valence-electron chi connectivity index (χ1n) is 6.23. The highest BCUT2D eigenvalue weighted by molar-refractivity contribution is 5.92. The topological polar surface area (TPSA) is 53.4 Å². The van der Waals surface area contributed by atoms with Crippen molar-refractivity contribution in [2.75, 3.05) is 19.7 Å². The summed E-state index contributed by atoms with van der Waals surface area (Å²) in [5, 5.41) is 8.93. The number of carbonyl (C=O) groups excluding carboxylic acids is 1. The van der Waals surface area contributed by atoms with Crippen molar-refractivity contribution in [2.24, 2.45) is 5.92 Å². The van der Waals surface area contributed by atoms with Gasteiger partial charge in [0.2, 0.25) is 5.95 Å². The predicted molar refractivity (Wildman–Crippen MR) is 64.5 cm³/mol. The highest BCUT2D eigenvalue weighted by atomic mass is 19.1. The van der Waals surface area contributed by atoms with Gasteiger partial charge in [-0.2, -0.15) is 4.39 Å². The number of aromatic nitrogens is 1. The molecule has 1 saturated heterocycles. The minimum Gasteiger partial charge on any atom is -0.396 e. The van der Waals surface area contributed by atoms with Gasteiger partial charge in [0, 0.05) is 19.7 Å². The van der Waals surface area contributed by atoms with Crippen LogP contribution in [-0.2, 0) is 0 Å². The van der Waals surface area contributed by atoms with Gasteiger partial charge < -0.3 is 10.0 Å². The molecule has 0 aliphatic carbocycles. The summed E-state index contributed by atoms with van der Waals surface area (Å²) in [6, 6.07) is 4.24. The van der Waals surface area contributed by atoms with E-state index in [4.69, 9.17) is 5.11 Å². The van der Waals surface area contributed by atoms with Crippen molar-refractivity contribution in [3.05, 3.63) is 29.8 Å². The van der Waals surface area contributed by atoms with E-state index in [0.717, 1.165) is 12.8 Å². The van der Waals surface area contributed by atoms with Crippen molar-refractivity contribution >= 4 is 5.91 Å². The maximum absolute atomic E-state index is 13.0. The maximum atomic E-state index is 13.0. The number of aliphatic hydroxyl groups excluding tert-OH is 1. The van der Waals surface area contributed by atoms with Gasteiger partial charge in [0.15, 0.2) is 0 Å². The fraction of sp³-hybridized carbons (Fsp3) is 0.538. The Labute approximate surface area is 105 Å². The number of halogens is 1. The zero-order chi connectivity index (χ0) is 13.0. The third-order valence-electron chi connectivity index (χ3n) is 3.28. The Hall–Kier alpha value is -1.49. The Morgan fingerprint density at radius 2 is 2.39 bits per heavy atom. The smallest absolute Gasteiger partial charge is 0.272 e. The highest BCUT2D eigenvalue weighted by Crippen LogP contribution is 2.20. The number of piperidine rings is 1. The van der Waals surface area contributed by atoms with Crippen molar-refractivity contribution in [3.63, 3.8) is 0 Å². The van der Waals surface area contributed by atoms with Crippen molar-refractivity contribution < 1.29 is 14.3 Å². The summed E-state index contributed by atoms with van der Waals surface area (Å²) >= 11 is 0. The van der Waals surface area contributed by atoms with E-state index in [1.165, 1.54) is 18.2 Å². The van der Waals surface area contributed by atoms with Gasteiger partial charge in [-0.05, 0) is 37.3 Å². The van der Waals surface area contributed by atoms with E-state index in [1.807, 2.05) is 0 Å². The molecule has 0 bridgehead atoms. The summed E-state index contributed by atoms with van der Waals surface area (Å²) in [4.78, 5) is 17.4. The van der Waals surface area contributed by atoms with Crippen LogP contribution in [0, 0.1) is 11.9 Å². The first kappa shape index (κ1) is 13.0. The Morgan fingerprint density at radius 1 is 1.56 bits per heavy atom. The number of pyridine rings is 1. The molecule has 1 fully saturated rings. The van der Waals surface area contributed by atoms with Crippen LogP contribution in [0.1, 0.15) is 29.8 Å². The van der Waals surface area contributed by atoms with E-state index in [0.29, 0.717) is 25.4 Å². The van der Waals surface area contributed by atoms with Crippen LogP contribution in [0.4, 0.5) is 4.39 Å². The molecule has 0 saturated carbocycles. The van der Waals surface area contributed by atoms with Crippen LogP contribution in [0.2, 0.25) is 0 Å². The van der Waals surface area contributed by atoms with E-state index >= 15 is 0 Å². The molecular weight excluding hydrogens is 235 g/mol. The molecular formula is C13H17FN2O2. The summed E-state index contributed by atoms with van der Waals surface area (Å²) in [7, 11) is 0. The van der Waals surface area contributed by atoms with E-state index in [-0.39, 0.29) is 18.2 Å². The fourth-order valence-corrected chi connectivity index (χ4v) is 2.36. The average Bonchev–Trinajstić information content (AvgIpc) is 2.39. The van der Waals surface area contributed by atoms with Gasteiger partial charge in [0.05, 0.1) is 0 Å². The van der Waals surface area contributed by atoms with Crippen LogP contribution < -0.4 is 0 Å². The third-order valence-corrected chi connectivity index (χ3v) is 3.28. The quantitative estimate of drug-likeness (QED) is 0.828. The number of rotatable bonds is 3. The SMILES string of the molecule is O=C(c1cccc(F)n1)N1CCCC(CCO)C1. The zero-order valence-electron chi connectivity index (χ0n) is 10.2. The molecule has 18 heavy (non-hydrogen) atoms. The van der Waals surface area contributed by atoms with Crippen LogP contribution in [-0.4, -0.2) is 40.6 Å². The number of hydrogen-bond donors (Lipinski definition) is 1. The second-order valence-corrected chi connectivity index (χ2v) is 4.62. The van der Waals surface area contributed by atoms with Crippen LogP contribution in [0.15, 0.2) is 18.2 Å². The molecule has 1 aromatic rings. The van der Waals surface area contributed by atoms with E-state index < -0.39 is 5.95 Å². The largest absolute Gasteiger partial charge is 0.396 e. The molecule has 4 nitrogen and oxygen atoms in total. The zero-order valence-corrected chi connectivity index (χ0v) is 10.2. The molecule has 1 aliphatic heterocycles. The molecule has 1 N–H and O–H groups in total. The third kappa shape index (κ3) is 3.04. The molecule has 1 aliphatic rings. The summed E-state index contributed by atoms with van der Waals surface area (Å²) in [6.45, 7) is 1.45. The number of hydrogen-bond acceptors (Lipinski definition) is 3. The van der Waals surface area contributed by atoms with Crippen molar-refractivity contribution in [1.82, 2.24) is 9.88 Å². The Balaban J connectivity index is 2.04. The number of carbonyl (C=O) groups is 1. The normalized spacial score (nSPS) is 19.9. The van der Waals surface area contributed by atoms with Crippen LogP contribution in [0.3, 0.4) is 0 Å². The summed E-state index contributed by atoms with van der Waals surface area (Å²) < 4.78 is 13.0. The van der Waals surface area contributed by atoms with Crippen molar-refractivity contribution in [3.8, 4) is 0 Å². The minimum atomic E-state index is -0.634. The lowest BCUT2D eigenvalue weighted by Crippen LogP contribution is -2.40. The fourth-order valence-electron chi connectivity index (χ4n) is 2.36. The standard InChI is InChI=1S/C13H17FN2O2/c14-12-5-1-4-11(15-12)13(18)16-7-2-3-10(9-16)6-8-17/h1,4-5,10,17H,2-3,6-9H2. The van der Waals surface area contributed by atoms with Crippen LogP contribution in [0.25, 0.3) is 0 Å². The van der Waals surface area contributed by atoms with Crippen LogP contribution >= 0.6 is 0 Å². The van der Waals surface area contributed by atoms with Gasteiger partial charge >= 0.3 is 0 Å². The van der Waals surface area contributed by atoms with E-state index in [1.54, 1.807) is 4.90 Å². The average molecular weight is 252 g/mol. The van der Waals surface area contributed by atoms with Crippen molar-refractivity contribution in [2.45, 2.75) is 19.3 Å². The second kappa shape index (κ2) is 5.91. The lowest BCUT2D eigenvalue weighted by molar-refractivity contribution is 0.0646. The summed E-state index contributed by atoms with van der Waals surface area (Å²) in [5.74, 6) is -0.525. The van der Waals surface area contributed by atoms with Crippen LogP contribution in [0.5, 0.6) is 0 Å². The van der Waals surface area contributed by atoms with Gasteiger partial charge in [-0.25, -0.2) is 4.98 Å². The lowest BCUT2D eigenvalue weighted by Gasteiger charge is -2.32. The van der Waals surface area contributed by atoms with Gasteiger partial charge in [-0.1, -0.05) is 6.07 Å². The lowest BCUT2D eigenvalue weighted by atomic mass is 9.95. The maximum Gasteiger partial charge on any atom is 0.272 e. The first-order valence-corrected chi connectivity index (χ1v) is 6.23. The van der Waals surface area contributed by atoms with Gasteiger partial charge in [0.25, 0.3) is 5.91 Å². The summed E-state index contributed by atoms with van der Waals surface area (Å²) in [6.07, 6.45) is 2.66.